The summed E-state index contributed by atoms with van der Waals surface area (Å²) in [6, 6.07) is 11.6. The van der Waals surface area contributed by atoms with Crippen LogP contribution in [0.5, 0.6) is 11.5 Å². The van der Waals surface area contributed by atoms with Gasteiger partial charge < -0.3 is 10.5 Å². The zero-order valence-electron chi connectivity index (χ0n) is 11.5. The first-order valence-electron chi connectivity index (χ1n) is 6.52. The normalized spacial score (nSPS) is 12.2. The number of aryl methyl sites for hydroxylation is 1. The molecule has 0 aliphatic heterocycles. The molecule has 0 aromatic heterocycles. The predicted molar refractivity (Wildman–Crippen MR) is 87.6 cm³/mol. The van der Waals surface area contributed by atoms with E-state index in [1.165, 1.54) is 0 Å². The van der Waals surface area contributed by atoms with Gasteiger partial charge in [0.15, 0.2) is 0 Å². The second kappa shape index (κ2) is 6.61. The molecular formula is C16H17BrClNO. The predicted octanol–water partition coefficient (Wildman–Crippen LogP) is 5.48. The molecule has 0 saturated heterocycles. The maximum absolute atomic E-state index is 6.11. The van der Waals surface area contributed by atoms with Crippen LogP contribution in [0.4, 0.5) is 0 Å². The van der Waals surface area contributed by atoms with Crippen molar-refractivity contribution >= 4 is 27.5 Å². The third-order valence-corrected chi connectivity index (χ3v) is 4.10. The summed E-state index contributed by atoms with van der Waals surface area (Å²) in [5.74, 6) is 1.54. The monoisotopic (exact) mass is 353 g/mol. The minimum Gasteiger partial charge on any atom is -0.456 e. The number of ether oxygens (including phenoxy) is 1. The lowest BCUT2D eigenvalue weighted by Crippen LogP contribution is -2.04. The van der Waals surface area contributed by atoms with E-state index in [4.69, 9.17) is 22.1 Å². The van der Waals surface area contributed by atoms with Crippen LogP contribution in [-0.4, -0.2) is 0 Å². The molecule has 4 heteroatoms. The molecule has 2 N–H and O–H groups in total. The van der Waals surface area contributed by atoms with Crippen molar-refractivity contribution in [3.05, 3.63) is 57.0 Å². The van der Waals surface area contributed by atoms with Crippen LogP contribution in [0, 0.1) is 0 Å². The van der Waals surface area contributed by atoms with E-state index >= 15 is 0 Å². The van der Waals surface area contributed by atoms with Gasteiger partial charge in [0, 0.05) is 11.1 Å². The molecule has 1 unspecified atom stereocenters. The summed E-state index contributed by atoms with van der Waals surface area (Å²) in [6.07, 6.45) is 0.876. The van der Waals surface area contributed by atoms with E-state index in [0.717, 1.165) is 38.5 Å². The highest BCUT2D eigenvalue weighted by atomic mass is 79.9. The Labute approximate surface area is 133 Å². The summed E-state index contributed by atoms with van der Waals surface area (Å²) in [5.41, 5.74) is 8.00. The number of benzene rings is 2. The van der Waals surface area contributed by atoms with Gasteiger partial charge in [-0.1, -0.05) is 24.6 Å². The largest absolute Gasteiger partial charge is 0.456 e. The van der Waals surface area contributed by atoms with Gasteiger partial charge >= 0.3 is 0 Å². The highest BCUT2D eigenvalue weighted by molar-refractivity contribution is 9.10. The van der Waals surface area contributed by atoms with Crippen LogP contribution in [0.15, 0.2) is 40.9 Å². The van der Waals surface area contributed by atoms with Crippen LogP contribution < -0.4 is 10.5 Å². The third-order valence-electron chi connectivity index (χ3n) is 3.11. The average molecular weight is 355 g/mol. The summed E-state index contributed by atoms with van der Waals surface area (Å²) in [5, 5.41) is 0.770. The molecule has 0 aliphatic carbocycles. The summed E-state index contributed by atoms with van der Waals surface area (Å²) in [4.78, 5) is 0. The molecule has 1 atom stereocenters. The highest BCUT2D eigenvalue weighted by Gasteiger charge is 2.08. The van der Waals surface area contributed by atoms with E-state index in [1.807, 2.05) is 43.3 Å². The maximum Gasteiger partial charge on any atom is 0.141 e. The Morgan fingerprint density at radius 1 is 1.25 bits per heavy atom. The first-order chi connectivity index (χ1) is 9.51. The van der Waals surface area contributed by atoms with Crippen molar-refractivity contribution in [3.8, 4) is 11.5 Å². The number of hydrogen-bond donors (Lipinski definition) is 1. The molecular weight excluding hydrogens is 338 g/mol. The van der Waals surface area contributed by atoms with Crippen molar-refractivity contribution in [1.82, 2.24) is 0 Å². The van der Waals surface area contributed by atoms with Crippen LogP contribution in [0.25, 0.3) is 0 Å². The molecule has 0 spiro atoms. The molecule has 106 valence electrons. The fourth-order valence-corrected chi connectivity index (χ4v) is 2.62. The van der Waals surface area contributed by atoms with Gasteiger partial charge in [0.05, 0.1) is 4.47 Å². The smallest absolute Gasteiger partial charge is 0.141 e. The van der Waals surface area contributed by atoms with Crippen LogP contribution in [0.1, 0.15) is 31.0 Å². The molecule has 2 aromatic rings. The van der Waals surface area contributed by atoms with Crippen LogP contribution >= 0.6 is 27.5 Å². The summed E-state index contributed by atoms with van der Waals surface area (Å²) < 4.78 is 6.78. The second-order valence-electron chi connectivity index (χ2n) is 4.69. The average Bonchev–Trinajstić information content (AvgIpc) is 2.42. The quantitative estimate of drug-likeness (QED) is 0.789. The Kier molecular flexibility index (Phi) is 5.08. The minimum atomic E-state index is 0.00239. The van der Waals surface area contributed by atoms with Crippen molar-refractivity contribution in [2.24, 2.45) is 5.73 Å². The molecule has 0 radical (unpaired) electrons. The standard InChI is InChI=1S/C16H17BrClNO/c1-3-11-8-13(5-6-15(11)18)20-16-7-4-12(10(2)19)9-14(16)17/h4-10H,3,19H2,1-2H3. The summed E-state index contributed by atoms with van der Waals surface area (Å²) in [7, 11) is 0. The lowest BCUT2D eigenvalue weighted by Gasteiger charge is -2.12. The number of hydrogen-bond acceptors (Lipinski definition) is 2. The summed E-state index contributed by atoms with van der Waals surface area (Å²) >= 11 is 9.62. The number of halogens is 2. The SMILES string of the molecule is CCc1cc(Oc2ccc(C(C)N)cc2Br)ccc1Cl. The molecule has 0 aliphatic rings. The molecule has 0 amide bonds. The molecule has 2 aromatic carbocycles. The van der Waals surface area contributed by atoms with Gasteiger partial charge in [-0.2, -0.15) is 0 Å². The van der Waals surface area contributed by atoms with Gasteiger partial charge in [-0.25, -0.2) is 0 Å². The fraction of sp³-hybridized carbons (Fsp3) is 0.250. The Bertz CT molecular complexity index is 613. The third kappa shape index (κ3) is 3.54. The number of rotatable bonds is 4. The zero-order chi connectivity index (χ0) is 14.7. The highest BCUT2D eigenvalue weighted by Crippen LogP contribution is 2.33. The molecule has 0 heterocycles. The zero-order valence-corrected chi connectivity index (χ0v) is 13.8. The molecule has 2 rings (SSSR count). The molecule has 0 bridgehead atoms. The van der Waals surface area contributed by atoms with Gasteiger partial charge in [0.2, 0.25) is 0 Å². The van der Waals surface area contributed by atoms with Crippen molar-refractivity contribution < 1.29 is 4.74 Å². The maximum atomic E-state index is 6.11. The molecule has 2 nitrogen and oxygen atoms in total. The number of nitrogens with two attached hydrogens (primary N) is 1. The van der Waals surface area contributed by atoms with Crippen LogP contribution in [0.2, 0.25) is 5.02 Å². The first kappa shape index (κ1) is 15.4. The topological polar surface area (TPSA) is 35.2 Å². The van der Waals surface area contributed by atoms with Crippen LogP contribution in [0.3, 0.4) is 0 Å². The van der Waals surface area contributed by atoms with Crippen molar-refractivity contribution in [1.29, 1.82) is 0 Å². The molecule has 0 fully saturated rings. The van der Waals surface area contributed by atoms with Crippen molar-refractivity contribution in [2.75, 3.05) is 0 Å². The lowest BCUT2D eigenvalue weighted by atomic mass is 10.1. The summed E-state index contributed by atoms with van der Waals surface area (Å²) in [6.45, 7) is 4.02. The van der Waals surface area contributed by atoms with Gasteiger partial charge in [0.25, 0.3) is 0 Å². The molecule has 0 saturated carbocycles. The van der Waals surface area contributed by atoms with Gasteiger partial charge in [-0.15, -0.1) is 0 Å². The Hall–Kier alpha value is -1.03. The second-order valence-corrected chi connectivity index (χ2v) is 5.95. The Morgan fingerprint density at radius 2 is 2.00 bits per heavy atom. The van der Waals surface area contributed by atoms with E-state index in [0.29, 0.717) is 0 Å². The lowest BCUT2D eigenvalue weighted by molar-refractivity contribution is 0.478. The van der Waals surface area contributed by atoms with E-state index in [9.17, 15) is 0 Å². The Morgan fingerprint density at radius 3 is 2.60 bits per heavy atom. The van der Waals surface area contributed by atoms with Gasteiger partial charge in [0.1, 0.15) is 11.5 Å². The first-order valence-corrected chi connectivity index (χ1v) is 7.69. The van der Waals surface area contributed by atoms with E-state index in [-0.39, 0.29) is 6.04 Å². The van der Waals surface area contributed by atoms with E-state index in [1.54, 1.807) is 0 Å². The van der Waals surface area contributed by atoms with E-state index < -0.39 is 0 Å². The molecule has 20 heavy (non-hydrogen) atoms. The fourth-order valence-electron chi connectivity index (χ4n) is 1.90. The minimum absolute atomic E-state index is 0.00239. The van der Waals surface area contributed by atoms with Crippen molar-refractivity contribution in [2.45, 2.75) is 26.3 Å². The van der Waals surface area contributed by atoms with Gasteiger partial charge in [-0.3, -0.25) is 0 Å². The van der Waals surface area contributed by atoms with Crippen molar-refractivity contribution in [3.63, 3.8) is 0 Å². The Balaban J connectivity index is 2.26. The van der Waals surface area contributed by atoms with E-state index in [2.05, 4.69) is 22.9 Å². The van der Waals surface area contributed by atoms with Gasteiger partial charge in [-0.05, 0) is 70.7 Å². The van der Waals surface area contributed by atoms with Crippen LogP contribution in [-0.2, 0) is 6.42 Å².